The lowest BCUT2D eigenvalue weighted by Crippen LogP contribution is -2.38. The SMILES string of the molecule is CCCc1cc(Nc2ccc(/C=N/Nc3ncc(P)c(N4CCOCC4)n3)nc2)cc(C(F)(F)F)c1. The minimum Gasteiger partial charge on any atom is -0.378 e. The van der Waals surface area contributed by atoms with Gasteiger partial charge in [0, 0.05) is 30.3 Å². The summed E-state index contributed by atoms with van der Waals surface area (Å²) in [7, 11) is 2.64. The number of morpholine rings is 1. The molecule has 1 atom stereocenters. The van der Waals surface area contributed by atoms with E-state index in [4.69, 9.17) is 4.74 Å². The Morgan fingerprint density at radius 1 is 1.11 bits per heavy atom. The number of pyridine rings is 1. The molecule has 1 unspecified atom stereocenters. The molecular weight excluding hydrogens is 490 g/mol. The van der Waals surface area contributed by atoms with E-state index < -0.39 is 11.7 Å². The smallest absolute Gasteiger partial charge is 0.378 e. The number of hydrazone groups is 1. The lowest BCUT2D eigenvalue weighted by molar-refractivity contribution is -0.137. The number of hydrogen-bond donors (Lipinski definition) is 2. The zero-order valence-electron chi connectivity index (χ0n) is 19.7. The van der Waals surface area contributed by atoms with E-state index in [0.717, 1.165) is 36.7 Å². The molecule has 190 valence electrons. The minimum atomic E-state index is -4.41. The van der Waals surface area contributed by atoms with Crippen LogP contribution in [0, 0.1) is 0 Å². The quantitative estimate of drug-likeness (QED) is 0.261. The molecule has 1 fully saturated rings. The average molecular weight is 517 g/mol. The molecule has 8 nitrogen and oxygen atoms in total. The Bertz CT molecular complexity index is 1200. The van der Waals surface area contributed by atoms with Crippen LogP contribution >= 0.6 is 9.24 Å². The van der Waals surface area contributed by atoms with Crippen LogP contribution in [0.5, 0.6) is 0 Å². The van der Waals surface area contributed by atoms with Gasteiger partial charge in [-0.05, 0) is 42.3 Å². The lowest BCUT2D eigenvalue weighted by atomic mass is 10.0. The number of rotatable bonds is 8. The molecule has 0 saturated carbocycles. The maximum atomic E-state index is 13.3. The van der Waals surface area contributed by atoms with Crippen molar-refractivity contribution < 1.29 is 17.9 Å². The number of ether oxygens (including phenoxy) is 1. The first-order valence-electron chi connectivity index (χ1n) is 11.5. The van der Waals surface area contributed by atoms with Gasteiger partial charge in [0.2, 0.25) is 5.95 Å². The predicted octanol–water partition coefficient (Wildman–Crippen LogP) is 4.37. The molecule has 0 bridgehead atoms. The van der Waals surface area contributed by atoms with Crippen LogP contribution in [0.15, 0.2) is 47.8 Å². The lowest BCUT2D eigenvalue weighted by Gasteiger charge is -2.28. The van der Waals surface area contributed by atoms with Crippen LogP contribution in [0.1, 0.15) is 30.2 Å². The third-order valence-corrected chi connectivity index (χ3v) is 5.81. The van der Waals surface area contributed by atoms with Crippen molar-refractivity contribution in [1.29, 1.82) is 0 Å². The van der Waals surface area contributed by atoms with Crippen LogP contribution in [0.4, 0.5) is 36.3 Å². The molecule has 36 heavy (non-hydrogen) atoms. The first-order valence-corrected chi connectivity index (χ1v) is 12.1. The van der Waals surface area contributed by atoms with Crippen molar-refractivity contribution >= 4 is 43.9 Å². The summed E-state index contributed by atoms with van der Waals surface area (Å²) >= 11 is 0. The highest BCUT2D eigenvalue weighted by Crippen LogP contribution is 2.33. The summed E-state index contributed by atoms with van der Waals surface area (Å²) in [5, 5.41) is 8.05. The second-order valence-electron chi connectivity index (χ2n) is 8.21. The molecule has 0 aliphatic carbocycles. The number of alkyl halides is 3. The van der Waals surface area contributed by atoms with Crippen molar-refractivity contribution in [2.45, 2.75) is 25.9 Å². The largest absolute Gasteiger partial charge is 0.416 e. The van der Waals surface area contributed by atoms with Crippen molar-refractivity contribution in [3.63, 3.8) is 0 Å². The molecule has 2 aromatic heterocycles. The minimum absolute atomic E-state index is 0.352. The number of anilines is 4. The van der Waals surface area contributed by atoms with Crippen LogP contribution in [-0.2, 0) is 17.3 Å². The van der Waals surface area contributed by atoms with Crippen LogP contribution in [0.3, 0.4) is 0 Å². The molecule has 1 saturated heterocycles. The Balaban J connectivity index is 1.40. The number of hydrogen-bond acceptors (Lipinski definition) is 8. The first kappa shape index (κ1) is 25.8. The third-order valence-electron chi connectivity index (χ3n) is 5.40. The van der Waals surface area contributed by atoms with Crippen LogP contribution < -0.4 is 20.9 Å². The molecule has 3 aromatic rings. The number of benzene rings is 1. The van der Waals surface area contributed by atoms with Crippen molar-refractivity contribution in [1.82, 2.24) is 15.0 Å². The Labute approximate surface area is 209 Å². The van der Waals surface area contributed by atoms with E-state index in [1.54, 1.807) is 24.4 Å². The molecule has 1 aromatic carbocycles. The van der Waals surface area contributed by atoms with E-state index in [1.807, 2.05) is 6.92 Å². The van der Waals surface area contributed by atoms with Gasteiger partial charge >= 0.3 is 6.18 Å². The van der Waals surface area contributed by atoms with E-state index in [-0.39, 0.29) is 0 Å². The maximum absolute atomic E-state index is 13.3. The molecule has 4 rings (SSSR count). The van der Waals surface area contributed by atoms with E-state index in [1.165, 1.54) is 18.5 Å². The fraction of sp³-hybridized carbons (Fsp3) is 0.333. The number of nitrogens with zero attached hydrogens (tertiary/aromatic N) is 5. The second kappa shape index (κ2) is 11.6. The van der Waals surface area contributed by atoms with Gasteiger partial charge in [0.25, 0.3) is 0 Å². The molecule has 0 spiro atoms. The van der Waals surface area contributed by atoms with E-state index >= 15 is 0 Å². The highest BCUT2D eigenvalue weighted by Gasteiger charge is 2.31. The van der Waals surface area contributed by atoms with Crippen LogP contribution in [-0.4, -0.2) is 47.5 Å². The molecule has 0 amide bonds. The molecule has 12 heteroatoms. The highest BCUT2D eigenvalue weighted by atomic mass is 31.0. The van der Waals surface area contributed by atoms with Crippen LogP contribution in [0.2, 0.25) is 0 Å². The van der Waals surface area contributed by atoms with Gasteiger partial charge in [-0.2, -0.15) is 23.3 Å². The molecule has 1 aliphatic heterocycles. The number of aromatic nitrogens is 3. The second-order valence-corrected chi connectivity index (χ2v) is 8.83. The zero-order valence-corrected chi connectivity index (χ0v) is 20.9. The molecular formula is C24H27F3N7OP. The van der Waals surface area contributed by atoms with E-state index in [2.05, 4.69) is 44.9 Å². The molecule has 0 radical (unpaired) electrons. The van der Waals surface area contributed by atoms with Gasteiger partial charge in [-0.25, -0.2) is 10.4 Å². The van der Waals surface area contributed by atoms with Gasteiger partial charge in [-0.1, -0.05) is 22.6 Å². The zero-order chi connectivity index (χ0) is 25.5. The topological polar surface area (TPSA) is 87.6 Å². The standard InChI is InChI=1S/C24H27F3N7OP/c1-2-3-16-10-17(24(25,26)27)12-20(11-16)31-19-5-4-18(28-13-19)14-30-33-23-29-15-21(36)22(32-23)34-6-8-35-9-7-34/h4-5,10-15,31H,2-3,6-9,36H2,1H3,(H,29,32,33)/b30-14+. The van der Waals surface area contributed by atoms with E-state index in [0.29, 0.717) is 48.2 Å². The Hall–Kier alpha value is -3.30. The van der Waals surface area contributed by atoms with Gasteiger partial charge in [-0.3, -0.25) is 4.98 Å². The van der Waals surface area contributed by atoms with E-state index in [9.17, 15) is 13.2 Å². The third kappa shape index (κ3) is 6.89. The van der Waals surface area contributed by atoms with Gasteiger partial charge < -0.3 is 15.0 Å². The van der Waals surface area contributed by atoms with Crippen molar-refractivity contribution in [3.8, 4) is 0 Å². The normalized spacial score (nSPS) is 14.3. The fourth-order valence-corrected chi connectivity index (χ4v) is 4.03. The summed E-state index contributed by atoms with van der Waals surface area (Å²) < 4.78 is 45.2. The Morgan fingerprint density at radius 3 is 2.61 bits per heavy atom. The summed E-state index contributed by atoms with van der Waals surface area (Å²) in [6, 6.07) is 7.46. The highest BCUT2D eigenvalue weighted by molar-refractivity contribution is 7.28. The van der Waals surface area contributed by atoms with Crippen LogP contribution in [0.25, 0.3) is 0 Å². The van der Waals surface area contributed by atoms with Gasteiger partial charge in [-0.15, -0.1) is 0 Å². The fourth-order valence-electron chi connectivity index (χ4n) is 3.70. The van der Waals surface area contributed by atoms with Gasteiger partial charge in [0.15, 0.2) is 0 Å². The van der Waals surface area contributed by atoms with Crippen molar-refractivity contribution in [2.75, 3.05) is 41.9 Å². The van der Waals surface area contributed by atoms with Gasteiger partial charge in [0.1, 0.15) is 5.82 Å². The van der Waals surface area contributed by atoms with Crippen molar-refractivity contribution in [3.05, 3.63) is 59.5 Å². The van der Waals surface area contributed by atoms with Crippen molar-refractivity contribution in [2.24, 2.45) is 5.10 Å². The molecule has 1 aliphatic rings. The monoisotopic (exact) mass is 517 g/mol. The average Bonchev–Trinajstić information content (AvgIpc) is 2.86. The number of aryl methyl sites for hydroxylation is 1. The summed E-state index contributed by atoms with van der Waals surface area (Å²) in [6.07, 6.45) is 1.67. The summed E-state index contributed by atoms with van der Waals surface area (Å²) in [5.74, 6) is 1.16. The predicted molar refractivity (Wildman–Crippen MR) is 139 cm³/mol. The summed E-state index contributed by atoms with van der Waals surface area (Å²) in [5.41, 5.74) is 4.25. The number of halogens is 3. The molecule has 2 N–H and O–H groups in total. The summed E-state index contributed by atoms with van der Waals surface area (Å²) in [6.45, 7) is 4.75. The first-order chi connectivity index (χ1) is 17.3. The maximum Gasteiger partial charge on any atom is 0.416 e. The summed E-state index contributed by atoms with van der Waals surface area (Å²) in [4.78, 5) is 15.2. The number of nitrogens with one attached hydrogen (secondary N) is 2. The van der Waals surface area contributed by atoms with Gasteiger partial charge in [0.05, 0.1) is 42.6 Å². The Kier molecular flexibility index (Phi) is 8.32. The Morgan fingerprint density at radius 2 is 1.92 bits per heavy atom. The molecule has 3 heterocycles.